The summed E-state index contributed by atoms with van der Waals surface area (Å²) in [6.07, 6.45) is 0.725. The minimum absolute atomic E-state index is 0.308. The fourth-order valence-corrected chi connectivity index (χ4v) is 2.37. The number of nitrogens with zero attached hydrogens (tertiary/aromatic N) is 4. The van der Waals surface area contributed by atoms with Gasteiger partial charge >= 0.3 is 0 Å². The first-order valence-corrected chi connectivity index (χ1v) is 6.86. The van der Waals surface area contributed by atoms with Gasteiger partial charge in [-0.25, -0.2) is 4.98 Å². The van der Waals surface area contributed by atoms with Crippen molar-refractivity contribution < 1.29 is 5.11 Å². The summed E-state index contributed by atoms with van der Waals surface area (Å²) in [5.41, 5.74) is 1.51. The SMILES string of the molecule is Cc1cc(NCC(O)c2ccccc2Cl)n2ncnc2n1. The lowest BCUT2D eigenvalue weighted by molar-refractivity contribution is 0.191. The molecule has 3 aromatic rings. The Morgan fingerprint density at radius 3 is 3.00 bits per heavy atom. The molecule has 0 aliphatic heterocycles. The number of aromatic nitrogens is 4. The Hall–Kier alpha value is -2.18. The molecule has 0 spiro atoms. The van der Waals surface area contributed by atoms with E-state index in [-0.39, 0.29) is 0 Å². The second-order valence-electron chi connectivity index (χ2n) is 4.67. The number of anilines is 1. The smallest absolute Gasteiger partial charge is 0.254 e. The minimum atomic E-state index is -0.717. The van der Waals surface area contributed by atoms with E-state index in [2.05, 4.69) is 20.4 Å². The molecule has 108 valence electrons. The highest BCUT2D eigenvalue weighted by Crippen LogP contribution is 2.23. The number of hydrogen-bond acceptors (Lipinski definition) is 5. The largest absolute Gasteiger partial charge is 0.387 e. The Kier molecular flexibility index (Phi) is 3.72. The lowest BCUT2D eigenvalue weighted by Gasteiger charge is -2.15. The van der Waals surface area contributed by atoms with Gasteiger partial charge in [-0.1, -0.05) is 29.8 Å². The summed E-state index contributed by atoms with van der Waals surface area (Å²) in [6.45, 7) is 2.19. The molecule has 0 amide bonds. The second-order valence-corrected chi connectivity index (χ2v) is 5.08. The molecule has 7 heteroatoms. The molecule has 0 fully saturated rings. The number of fused-ring (bicyclic) bond motifs is 1. The zero-order valence-corrected chi connectivity index (χ0v) is 12.1. The standard InChI is InChI=1S/C14H14ClN5O/c1-9-6-13(20-14(19-9)17-8-18-20)16-7-12(21)10-4-2-3-5-11(10)15/h2-6,8,12,16,21H,7H2,1H3. The van der Waals surface area contributed by atoms with Gasteiger partial charge in [0.05, 0.1) is 6.10 Å². The van der Waals surface area contributed by atoms with E-state index in [1.54, 1.807) is 16.6 Å². The number of aliphatic hydroxyl groups is 1. The zero-order valence-electron chi connectivity index (χ0n) is 11.4. The van der Waals surface area contributed by atoms with Crippen LogP contribution in [0.5, 0.6) is 0 Å². The number of aliphatic hydroxyl groups excluding tert-OH is 1. The predicted octanol–water partition coefficient (Wildman–Crippen LogP) is 2.23. The van der Waals surface area contributed by atoms with E-state index in [4.69, 9.17) is 11.6 Å². The van der Waals surface area contributed by atoms with E-state index < -0.39 is 6.10 Å². The molecule has 21 heavy (non-hydrogen) atoms. The van der Waals surface area contributed by atoms with Crippen molar-refractivity contribution in [2.75, 3.05) is 11.9 Å². The number of nitrogens with one attached hydrogen (secondary N) is 1. The highest BCUT2D eigenvalue weighted by atomic mass is 35.5. The van der Waals surface area contributed by atoms with Crippen LogP contribution in [-0.4, -0.2) is 31.2 Å². The van der Waals surface area contributed by atoms with Crippen LogP contribution in [0.4, 0.5) is 5.82 Å². The van der Waals surface area contributed by atoms with Crippen LogP contribution >= 0.6 is 11.6 Å². The first kappa shape index (κ1) is 13.8. The van der Waals surface area contributed by atoms with Crippen molar-refractivity contribution in [3.63, 3.8) is 0 Å². The summed E-state index contributed by atoms with van der Waals surface area (Å²) in [7, 11) is 0. The van der Waals surface area contributed by atoms with Crippen LogP contribution in [0, 0.1) is 6.92 Å². The lowest BCUT2D eigenvalue weighted by atomic mass is 10.1. The van der Waals surface area contributed by atoms with E-state index >= 15 is 0 Å². The summed E-state index contributed by atoms with van der Waals surface area (Å²) >= 11 is 6.08. The third kappa shape index (κ3) is 2.81. The van der Waals surface area contributed by atoms with Crippen molar-refractivity contribution in [2.45, 2.75) is 13.0 Å². The molecule has 0 aliphatic carbocycles. The lowest BCUT2D eigenvalue weighted by Crippen LogP contribution is -2.15. The van der Waals surface area contributed by atoms with E-state index in [0.717, 1.165) is 11.5 Å². The molecule has 1 atom stereocenters. The van der Waals surface area contributed by atoms with Crippen LogP contribution in [-0.2, 0) is 0 Å². The molecule has 0 saturated heterocycles. The van der Waals surface area contributed by atoms with Crippen LogP contribution in [0.25, 0.3) is 5.78 Å². The molecular weight excluding hydrogens is 290 g/mol. The maximum atomic E-state index is 10.2. The molecular formula is C14H14ClN5O. The van der Waals surface area contributed by atoms with Gasteiger partial charge in [0.15, 0.2) is 0 Å². The van der Waals surface area contributed by atoms with Crippen molar-refractivity contribution in [1.82, 2.24) is 19.6 Å². The fraction of sp³-hybridized carbons (Fsp3) is 0.214. The Morgan fingerprint density at radius 2 is 2.19 bits per heavy atom. The quantitative estimate of drug-likeness (QED) is 0.773. The van der Waals surface area contributed by atoms with Gasteiger partial charge in [0, 0.05) is 28.9 Å². The number of benzene rings is 1. The van der Waals surface area contributed by atoms with Gasteiger partial charge in [-0.2, -0.15) is 14.6 Å². The fourth-order valence-electron chi connectivity index (χ4n) is 2.11. The third-order valence-electron chi connectivity index (χ3n) is 3.12. The Labute approximate surface area is 126 Å². The Balaban J connectivity index is 1.80. The summed E-state index contributed by atoms with van der Waals surface area (Å²) in [6, 6.07) is 9.08. The van der Waals surface area contributed by atoms with Gasteiger partial charge in [0.1, 0.15) is 12.1 Å². The van der Waals surface area contributed by atoms with Crippen molar-refractivity contribution in [1.29, 1.82) is 0 Å². The molecule has 0 bridgehead atoms. The summed E-state index contributed by atoms with van der Waals surface area (Å²) < 4.78 is 1.59. The molecule has 2 N–H and O–H groups in total. The van der Waals surface area contributed by atoms with Crippen LogP contribution in [0.1, 0.15) is 17.4 Å². The van der Waals surface area contributed by atoms with Gasteiger partial charge in [-0.05, 0) is 13.0 Å². The maximum Gasteiger partial charge on any atom is 0.254 e. The van der Waals surface area contributed by atoms with Gasteiger partial charge in [0.25, 0.3) is 5.78 Å². The van der Waals surface area contributed by atoms with E-state index in [9.17, 15) is 5.11 Å². The molecule has 2 aromatic heterocycles. The molecule has 2 heterocycles. The number of rotatable bonds is 4. The molecule has 1 aromatic carbocycles. The molecule has 3 rings (SSSR count). The van der Waals surface area contributed by atoms with Gasteiger partial charge < -0.3 is 10.4 Å². The molecule has 1 unspecified atom stereocenters. The molecule has 0 saturated carbocycles. The average molecular weight is 304 g/mol. The van der Waals surface area contributed by atoms with Crippen LogP contribution in [0.2, 0.25) is 5.02 Å². The number of hydrogen-bond donors (Lipinski definition) is 2. The van der Waals surface area contributed by atoms with Crippen LogP contribution in [0.3, 0.4) is 0 Å². The normalized spacial score (nSPS) is 12.5. The zero-order chi connectivity index (χ0) is 14.8. The summed E-state index contributed by atoms with van der Waals surface area (Å²) in [4.78, 5) is 8.32. The summed E-state index contributed by atoms with van der Waals surface area (Å²) in [5, 5.41) is 18.0. The van der Waals surface area contributed by atoms with Gasteiger partial charge in [0.2, 0.25) is 0 Å². The van der Waals surface area contributed by atoms with Crippen molar-refractivity contribution in [3.05, 3.63) is 52.9 Å². The Morgan fingerprint density at radius 1 is 1.38 bits per heavy atom. The molecule has 0 radical (unpaired) electrons. The van der Waals surface area contributed by atoms with Crippen LogP contribution in [0.15, 0.2) is 36.7 Å². The molecule has 0 aliphatic rings. The highest BCUT2D eigenvalue weighted by Gasteiger charge is 2.12. The number of aryl methyl sites for hydroxylation is 1. The van der Waals surface area contributed by atoms with Crippen molar-refractivity contribution >= 4 is 23.2 Å². The third-order valence-corrected chi connectivity index (χ3v) is 3.46. The predicted molar refractivity (Wildman–Crippen MR) is 80.4 cm³/mol. The van der Waals surface area contributed by atoms with E-state index in [1.165, 1.54) is 6.33 Å². The highest BCUT2D eigenvalue weighted by molar-refractivity contribution is 6.31. The average Bonchev–Trinajstić information content (AvgIpc) is 2.93. The first-order chi connectivity index (χ1) is 10.1. The second kappa shape index (κ2) is 5.67. The summed E-state index contributed by atoms with van der Waals surface area (Å²) in [5.74, 6) is 1.24. The van der Waals surface area contributed by atoms with Crippen LogP contribution < -0.4 is 5.32 Å². The Bertz CT molecular complexity index is 773. The first-order valence-electron chi connectivity index (χ1n) is 6.49. The molecule has 6 nitrogen and oxygen atoms in total. The topological polar surface area (TPSA) is 75.3 Å². The monoisotopic (exact) mass is 303 g/mol. The van der Waals surface area contributed by atoms with Crippen molar-refractivity contribution in [3.8, 4) is 0 Å². The minimum Gasteiger partial charge on any atom is -0.387 e. The maximum absolute atomic E-state index is 10.2. The van der Waals surface area contributed by atoms with E-state index in [0.29, 0.717) is 22.9 Å². The van der Waals surface area contributed by atoms with Gasteiger partial charge in [-0.3, -0.25) is 0 Å². The number of halogens is 1. The van der Waals surface area contributed by atoms with Crippen molar-refractivity contribution in [2.24, 2.45) is 0 Å². The van der Waals surface area contributed by atoms with E-state index in [1.807, 2.05) is 25.1 Å². The van der Waals surface area contributed by atoms with Gasteiger partial charge in [-0.15, -0.1) is 0 Å².